The average Bonchev–Trinajstić information content (AvgIpc) is 2.64. The van der Waals surface area contributed by atoms with Crippen LogP contribution in [0, 0.1) is 5.82 Å². The van der Waals surface area contributed by atoms with E-state index in [0.29, 0.717) is 31.1 Å². The van der Waals surface area contributed by atoms with Crippen LogP contribution in [0.5, 0.6) is 0 Å². The lowest BCUT2D eigenvalue weighted by molar-refractivity contribution is 0.142. The van der Waals surface area contributed by atoms with E-state index in [1.165, 1.54) is 6.07 Å². The third-order valence-corrected chi connectivity index (χ3v) is 4.84. The molecule has 1 N–H and O–H groups in total. The quantitative estimate of drug-likeness (QED) is 0.888. The summed E-state index contributed by atoms with van der Waals surface area (Å²) in [5, 5.41) is 3.04. The molecular weight excluding hydrogens is 329 g/mol. The molecule has 5 heteroatoms. The number of carbonyl (C=O) groups excluding carboxylic acids is 1. The van der Waals surface area contributed by atoms with Crippen molar-refractivity contribution in [3.05, 3.63) is 65.5 Å². The van der Waals surface area contributed by atoms with Gasteiger partial charge in [0.2, 0.25) is 0 Å². The van der Waals surface area contributed by atoms with Crippen LogP contribution in [-0.2, 0) is 6.54 Å². The van der Waals surface area contributed by atoms with Crippen LogP contribution in [0.15, 0.2) is 48.5 Å². The third-order valence-electron chi connectivity index (χ3n) is 4.84. The van der Waals surface area contributed by atoms with Crippen molar-refractivity contribution in [1.29, 1.82) is 0 Å². The van der Waals surface area contributed by atoms with Gasteiger partial charge >= 0.3 is 6.03 Å². The molecule has 0 bridgehead atoms. The van der Waals surface area contributed by atoms with Crippen molar-refractivity contribution < 1.29 is 9.18 Å². The van der Waals surface area contributed by atoms with Gasteiger partial charge < -0.3 is 10.2 Å². The SMILES string of the molecule is CC(C)c1ccccc1NC(=O)N1CCN(Cc2ccccc2F)CC1. The first kappa shape index (κ1) is 18.4. The zero-order chi connectivity index (χ0) is 18.5. The molecule has 1 fully saturated rings. The molecule has 1 heterocycles. The number of nitrogens with one attached hydrogen (secondary N) is 1. The predicted octanol–water partition coefficient (Wildman–Crippen LogP) is 4.30. The number of hydrogen-bond donors (Lipinski definition) is 1. The molecule has 0 radical (unpaired) electrons. The monoisotopic (exact) mass is 355 g/mol. The molecule has 2 amide bonds. The summed E-state index contributed by atoms with van der Waals surface area (Å²) >= 11 is 0. The van der Waals surface area contributed by atoms with E-state index in [4.69, 9.17) is 0 Å². The standard InChI is InChI=1S/C21H26FN3O/c1-16(2)18-8-4-6-10-20(18)23-21(26)25-13-11-24(12-14-25)15-17-7-3-5-9-19(17)22/h3-10,16H,11-15H2,1-2H3,(H,23,26). The average molecular weight is 355 g/mol. The lowest BCUT2D eigenvalue weighted by Gasteiger charge is -2.35. The van der Waals surface area contributed by atoms with Crippen molar-refractivity contribution in [3.63, 3.8) is 0 Å². The molecule has 1 aliphatic heterocycles. The first-order valence-electron chi connectivity index (χ1n) is 9.15. The van der Waals surface area contributed by atoms with E-state index in [2.05, 4.69) is 24.1 Å². The number of halogens is 1. The Kier molecular flexibility index (Phi) is 5.89. The second kappa shape index (κ2) is 8.32. The molecule has 0 aromatic heterocycles. The molecule has 26 heavy (non-hydrogen) atoms. The smallest absolute Gasteiger partial charge is 0.321 e. The Balaban J connectivity index is 1.55. The van der Waals surface area contributed by atoms with Gasteiger partial charge in [0.15, 0.2) is 0 Å². The van der Waals surface area contributed by atoms with Crippen LogP contribution in [0.4, 0.5) is 14.9 Å². The van der Waals surface area contributed by atoms with Crippen molar-refractivity contribution in [1.82, 2.24) is 9.80 Å². The first-order valence-corrected chi connectivity index (χ1v) is 9.15. The number of piperazine rings is 1. The second-order valence-corrected chi connectivity index (χ2v) is 7.03. The number of benzene rings is 2. The molecule has 0 atom stereocenters. The highest BCUT2D eigenvalue weighted by Gasteiger charge is 2.22. The zero-order valence-corrected chi connectivity index (χ0v) is 15.4. The Labute approximate surface area is 154 Å². The van der Waals surface area contributed by atoms with E-state index in [9.17, 15) is 9.18 Å². The van der Waals surface area contributed by atoms with Gasteiger partial charge in [0.25, 0.3) is 0 Å². The predicted molar refractivity (Wildman–Crippen MR) is 103 cm³/mol. The molecule has 0 unspecified atom stereocenters. The van der Waals surface area contributed by atoms with Gasteiger partial charge in [-0.25, -0.2) is 9.18 Å². The normalized spacial score (nSPS) is 15.3. The number of urea groups is 1. The Bertz CT molecular complexity index is 754. The van der Waals surface area contributed by atoms with Gasteiger partial charge in [0, 0.05) is 44.0 Å². The molecule has 4 nitrogen and oxygen atoms in total. The number of para-hydroxylation sites is 1. The largest absolute Gasteiger partial charge is 0.322 e. The molecule has 2 aromatic carbocycles. The van der Waals surface area contributed by atoms with Crippen LogP contribution in [0.3, 0.4) is 0 Å². The zero-order valence-electron chi connectivity index (χ0n) is 15.4. The number of rotatable bonds is 4. The number of nitrogens with zero attached hydrogens (tertiary/aromatic N) is 2. The molecule has 138 valence electrons. The third kappa shape index (κ3) is 4.41. The fraction of sp³-hybridized carbons (Fsp3) is 0.381. The van der Waals surface area contributed by atoms with E-state index in [0.717, 1.165) is 24.3 Å². The summed E-state index contributed by atoms with van der Waals surface area (Å²) in [5.74, 6) is 0.182. The topological polar surface area (TPSA) is 35.6 Å². The van der Waals surface area contributed by atoms with E-state index >= 15 is 0 Å². The van der Waals surface area contributed by atoms with Gasteiger partial charge in [-0.05, 0) is 23.6 Å². The van der Waals surface area contributed by atoms with Gasteiger partial charge in [-0.15, -0.1) is 0 Å². The lowest BCUT2D eigenvalue weighted by Crippen LogP contribution is -2.49. The first-order chi connectivity index (χ1) is 12.5. The highest BCUT2D eigenvalue weighted by atomic mass is 19.1. The number of carbonyl (C=O) groups is 1. The molecule has 2 aromatic rings. The van der Waals surface area contributed by atoms with Gasteiger partial charge in [-0.3, -0.25) is 4.90 Å². The van der Waals surface area contributed by atoms with Crippen LogP contribution < -0.4 is 5.32 Å². The fourth-order valence-corrected chi connectivity index (χ4v) is 3.29. The molecule has 0 spiro atoms. The minimum atomic E-state index is -0.169. The number of anilines is 1. The molecule has 3 rings (SSSR count). The molecular formula is C21H26FN3O. The van der Waals surface area contributed by atoms with E-state index in [1.807, 2.05) is 41.3 Å². The minimum absolute atomic E-state index is 0.0661. The maximum Gasteiger partial charge on any atom is 0.321 e. The molecule has 1 aliphatic rings. The van der Waals surface area contributed by atoms with Gasteiger partial charge in [0.1, 0.15) is 5.82 Å². The summed E-state index contributed by atoms with van der Waals surface area (Å²) in [7, 11) is 0. The highest BCUT2D eigenvalue weighted by molar-refractivity contribution is 5.90. The van der Waals surface area contributed by atoms with Crippen molar-refractivity contribution in [2.45, 2.75) is 26.3 Å². The van der Waals surface area contributed by atoms with Crippen LogP contribution >= 0.6 is 0 Å². The highest BCUT2D eigenvalue weighted by Crippen LogP contribution is 2.24. The Morgan fingerprint density at radius 2 is 1.69 bits per heavy atom. The van der Waals surface area contributed by atoms with Crippen LogP contribution in [-0.4, -0.2) is 42.0 Å². The Morgan fingerprint density at radius 1 is 1.04 bits per heavy atom. The van der Waals surface area contributed by atoms with Gasteiger partial charge in [0.05, 0.1) is 0 Å². The summed E-state index contributed by atoms with van der Waals surface area (Å²) < 4.78 is 13.8. The number of hydrogen-bond acceptors (Lipinski definition) is 2. The Hall–Kier alpha value is -2.40. The van der Waals surface area contributed by atoms with Crippen molar-refractivity contribution in [2.24, 2.45) is 0 Å². The van der Waals surface area contributed by atoms with E-state index < -0.39 is 0 Å². The summed E-state index contributed by atoms with van der Waals surface area (Å²) in [5.41, 5.74) is 2.72. The van der Waals surface area contributed by atoms with Gasteiger partial charge in [-0.2, -0.15) is 0 Å². The summed E-state index contributed by atoms with van der Waals surface area (Å²) in [6.45, 7) is 7.59. The van der Waals surface area contributed by atoms with E-state index in [1.54, 1.807) is 6.07 Å². The van der Waals surface area contributed by atoms with Gasteiger partial charge in [-0.1, -0.05) is 50.2 Å². The van der Waals surface area contributed by atoms with Crippen LogP contribution in [0.1, 0.15) is 30.9 Å². The summed E-state index contributed by atoms with van der Waals surface area (Å²) in [6, 6.07) is 14.7. The molecule has 1 saturated heterocycles. The fourth-order valence-electron chi connectivity index (χ4n) is 3.29. The Morgan fingerprint density at radius 3 is 2.38 bits per heavy atom. The van der Waals surface area contributed by atoms with Crippen molar-refractivity contribution in [3.8, 4) is 0 Å². The maximum absolute atomic E-state index is 13.8. The number of amides is 2. The minimum Gasteiger partial charge on any atom is -0.322 e. The van der Waals surface area contributed by atoms with E-state index in [-0.39, 0.29) is 11.8 Å². The van der Waals surface area contributed by atoms with Crippen molar-refractivity contribution in [2.75, 3.05) is 31.5 Å². The second-order valence-electron chi connectivity index (χ2n) is 7.03. The lowest BCUT2D eigenvalue weighted by atomic mass is 10.0. The van der Waals surface area contributed by atoms with Crippen LogP contribution in [0.2, 0.25) is 0 Å². The molecule has 0 aliphatic carbocycles. The van der Waals surface area contributed by atoms with Crippen LogP contribution in [0.25, 0.3) is 0 Å². The molecule has 0 saturated carbocycles. The summed E-state index contributed by atoms with van der Waals surface area (Å²) in [4.78, 5) is 16.6. The van der Waals surface area contributed by atoms with Crippen molar-refractivity contribution >= 4 is 11.7 Å². The maximum atomic E-state index is 13.8. The summed E-state index contributed by atoms with van der Waals surface area (Å²) in [6.07, 6.45) is 0.